The highest BCUT2D eigenvalue weighted by Gasteiger charge is 2.47. The van der Waals surface area contributed by atoms with E-state index in [2.05, 4.69) is 4.98 Å². The number of hydrogen-bond acceptors (Lipinski definition) is 3. The fourth-order valence-corrected chi connectivity index (χ4v) is 2.61. The van der Waals surface area contributed by atoms with Crippen LogP contribution in [-0.4, -0.2) is 34.2 Å². The van der Waals surface area contributed by atoms with E-state index < -0.39 is 30.0 Å². The average Bonchev–Trinajstić information content (AvgIpc) is 2.90. The second kappa shape index (κ2) is 5.94. The number of aliphatic carboxylic acids is 1. The van der Waals surface area contributed by atoms with Crippen molar-refractivity contribution in [2.75, 3.05) is 4.90 Å². The number of hydrogen-bond donors (Lipinski definition) is 1. The zero-order valence-corrected chi connectivity index (χ0v) is 11.8. The molecule has 1 N–H and O–H groups in total. The van der Waals surface area contributed by atoms with Crippen molar-refractivity contribution in [3.63, 3.8) is 0 Å². The van der Waals surface area contributed by atoms with E-state index in [9.17, 15) is 22.8 Å². The highest BCUT2D eigenvalue weighted by molar-refractivity contribution is 5.97. The van der Waals surface area contributed by atoms with Crippen molar-refractivity contribution in [1.82, 2.24) is 4.98 Å². The van der Waals surface area contributed by atoms with E-state index >= 15 is 0 Å². The van der Waals surface area contributed by atoms with Crippen LogP contribution in [0.5, 0.6) is 0 Å². The van der Waals surface area contributed by atoms with E-state index in [0.717, 1.165) is 5.56 Å². The van der Waals surface area contributed by atoms with E-state index in [1.807, 2.05) is 0 Å². The summed E-state index contributed by atoms with van der Waals surface area (Å²) < 4.78 is 38.5. The van der Waals surface area contributed by atoms with Crippen molar-refractivity contribution >= 4 is 17.7 Å². The van der Waals surface area contributed by atoms with Gasteiger partial charge in [0.15, 0.2) is 0 Å². The van der Waals surface area contributed by atoms with Gasteiger partial charge in [0.1, 0.15) is 5.82 Å². The van der Waals surface area contributed by atoms with Crippen molar-refractivity contribution in [3.05, 3.63) is 23.9 Å². The summed E-state index contributed by atoms with van der Waals surface area (Å²) in [4.78, 5) is 27.2. The lowest BCUT2D eigenvalue weighted by atomic mass is 10.1. The monoisotopic (exact) mass is 316 g/mol. The first kappa shape index (κ1) is 16.3. The van der Waals surface area contributed by atoms with Crippen LogP contribution in [-0.2, 0) is 9.59 Å². The Morgan fingerprint density at radius 3 is 2.45 bits per heavy atom. The van der Waals surface area contributed by atoms with Crippen LogP contribution >= 0.6 is 0 Å². The number of amides is 1. The Kier molecular flexibility index (Phi) is 4.39. The van der Waals surface area contributed by atoms with Crippen LogP contribution in [0.4, 0.5) is 19.0 Å². The molecule has 0 aliphatic heterocycles. The standard InChI is InChI=1S/C14H15F3N2O3/c1-8-2-5-11(18-7-8)19(13(22)14(15,16)17)10-4-3-9(6-10)12(20)21/h2,5,7,9-10H,3-4,6H2,1H3,(H,20,21)/t9-,10+/m0/s1. The van der Waals surface area contributed by atoms with Crippen LogP contribution < -0.4 is 4.90 Å². The minimum Gasteiger partial charge on any atom is -0.481 e. The maximum Gasteiger partial charge on any atom is 0.471 e. The van der Waals surface area contributed by atoms with E-state index in [1.54, 1.807) is 13.0 Å². The van der Waals surface area contributed by atoms with Gasteiger partial charge in [0, 0.05) is 12.2 Å². The molecular formula is C14H15F3N2O3. The number of carboxylic acids is 1. The molecule has 1 aliphatic rings. The van der Waals surface area contributed by atoms with E-state index in [0.29, 0.717) is 4.90 Å². The number of carbonyl (C=O) groups is 2. The molecule has 2 rings (SSSR count). The third-order valence-electron chi connectivity index (χ3n) is 3.72. The minimum absolute atomic E-state index is 0.00723. The zero-order valence-electron chi connectivity index (χ0n) is 11.8. The summed E-state index contributed by atoms with van der Waals surface area (Å²) >= 11 is 0. The van der Waals surface area contributed by atoms with Crippen molar-refractivity contribution in [2.24, 2.45) is 5.92 Å². The summed E-state index contributed by atoms with van der Waals surface area (Å²) in [5, 5.41) is 8.98. The highest BCUT2D eigenvalue weighted by Crippen LogP contribution is 2.34. The molecule has 1 heterocycles. The van der Waals surface area contributed by atoms with Crippen molar-refractivity contribution in [3.8, 4) is 0 Å². The molecule has 8 heteroatoms. The number of pyridine rings is 1. The average molecular weight is 316 g/mol. The molecule has 1 aromatic rings. The Labute approximate surface area is 124 Å². The second-order valence-electron chi connectivity index (χ2n) is 5.37. The molecule has 120 valence electrons. The summed E-state index contributed by atoms with van der Waals surface area (Å²) in [6, 6.07) is 2.08. The molecule has 1 saturated carbocycles. The van der Waals surface area contributed by atoms with E-state index in [1.165, 1.54) is 12.3 Å². The molecule has 0 saturated heterocycles. The molecule has 22 heavy (non-hydrogen) atoms. The molecular weight excluding hydrogens is 301 g/mol. The first-order chi connectivity index (χ1) is 10.2. The molecule has 2 atom stereocenters. The first-order valence-corrected chi connectivity index (χ1v) is 6.76. The third-order valence-corrected chi connectivity index (χ3v) is 3.72. The molecule has 0 spiro atoms. The SMILES string of the molecule is Cc1ccc(N(C(=O)C(F)(F)F)[C@@H]2CC[C@H](C(=O)O)C2)nc1. The topological polar surface area (TPSA) is 70.5 Å². The van der Waals surface area contributed by atoms with Gasteiger partial charge >= 0.3 is 18.1 Å². The number of aryl methyl sites for hydroxylation is 1. The van der Waals surface area contributed by atoms with Gasteiger partial charge in [0.25, 0.3) is 0 Å². The molecule has 0 aromatic carbocycles. The summed E-state index contributed by atoms with van der Waals surface area (Å²) in [5.41, 5.74) is 0.748. The van der Waals surface area contributed by atoms with Gasteiger partial charge in [-0.2, -0.15) is 13.2 Å². The Bertz CT molecular complexity index is 572. The quantitative estimate of drug-likeness (QED) is 0.930. The van der Waals surface area contributed by atoms with E-state index in [-0.39, 0.29) is 25.1 Å². The van der Waals surface area contributed by atoms with Gasteiger partial charge in [-0.25, -0.2) is 4.98 Å². The van der Waals surface area contributed by atoms with E-state index in [4.69, 9.17) is 5.11 Å². The molecule has 1 aromatic heterocycles. The second-order valence-corrected chi connectivity index (χ2v) is 5.37. The summed E-state index contributed by atoms with van der Waals surface area (Å²) in [7, 11) is 0. The number of carbonyl (C=O) groups excluding carboxylic acids is 1. The Morgan fingerprint density at radius 2 is 2.00 bits per heavy atom. The van der Waals surface area contributed by atoms with Crippen LogP contribution in [0, 0.1) is 12.8 Å². The first-order valence-electron chi connectivity index (χ1n) is 6.76. The molecule has 0 unspecified atom stereocenters. The normalized spacial score (nSPS) is 21.6. The summed E-state index contributed by atoms with van der Waals surface area (Å²) in [5.74, 6) is -3.92. The molecule has 0 bridgehead atoms. The van der Waals surface area contributed by atoms with Gasteiger partial charge in [0.2, 0.25) is 0 Å². The molecule has 5 nitrogen and oxygen atoms in total. The van der Waals surface area contributed by atoms with Crippen LogP contribution in [0.3, 0.4) is 0 Å². The lowest BCUT2D eigenvalue weighted by molar-refractivity contribution is -0.171. The number of carboxylic acid groups (broad SMARTS) is 1. The van der Waals surface area contributed by atoms with Gasteiger partial charge < -0.3 is 5.11 Å². The Hall–Kier alpha value is -2.12. The summed E-state index contributed by atoms with van der Waals surface area (Å²) in [6.07, 6.45) is -3.22. The lowest BCUT2D eigenvalue weighted by Crippen LogP contribution is -2.47. The Morgan fingerprint density at radius 1 is 1.32 bits per heavy atom. The Balaban J connectivity index is 2.32. The highest BCUT2D eigenvalue weighted by atomic mass is 19.4. The maximum atomic E-state index is 12.8. The fraction of sp³-hybridized carbons (Fsp3) is 0.500. The van der Waals surface area contributed by atoms with Gasteiger partial charge in [-0.3, -0.25) is 14.5 Å². The van der Waals surface area contributed by atoms with Crippen LogP contribution in [0.25, 0.3) is 0 Å². The van der Waals surface area contributed by atoms with Crippen LogP contribution in [0.15, 0.2) is 18.3 Å². The van der Waals surface area contributed by atoms with Crippen LogP contribution in [0.2, 0.25) is 0 Å². The molecule has 0 radical (unpaired) electrons. The fourth-order valence-electron chi connectivity index (χ4n) is 2.61. The van der Waals surface area contributed by atoms with Gasteiger partial charge in [-0.05, 0) is 37.8 Å². The lowest BCUT2D eigenvalue weighted by Gasteiger charge is -2.28. The minimum atomic E-state index is -5.03. The number of halogens is 3. The van der Waals surface area contributed by atoms with Gasteiger partial charge in [-0.15, -0.1) is 0 Å². The predicted molar refractivity (Wildman–Crippen MR) is 71.3 cm³/mol. The molecule has 1 aliphatic carbocycles. The largest absolute Gasteiger partial charge is 0.481 e. The number of alkyl halides is 3. The van der Waals surface area contributed by atoms with Crippen molar-refractivity contribution in [2.45, 2.75) is 38.4 Å². The van der Waals surface area contributed by atoms with Gasteiger partial charge in [0.05, 0.1) is 5.92 Å². The smallest absolute Gasteiger partial charge is 0.471 e. The van der Waals surface area contributed by atoms with Gasteiger partial charge in [-0.1, -0.05) is 6.07 Å². The maximum absolute atomic E-state index is 12.8. The van der Waals surface area contributed by atoms with Crippen LogP contribution in [0.1, 0.15) is 24.8 Å². The molecule has 1 fully saturated rings. The molecule has 1 amide bonds. The summed E-state index contributed by atoms with van der Waals surface area (Å²) in [6.45, 7) is 1.72. The number of anilines is 1. The van der Waals surface area contributed by atoms with Crippen molar-refractivity contribution in [1.29, 1.82) is 0 Å². The zero-order chi connectivity index (χ0) is 16.5. The number of rotatable bonds is 3. The predicted octanol–water partition coefficient (Wildman–Crippen LogP) is 2.54. The number of nitrogens with zero attached hydrogens (tertiary/aromatic N) is 2. The number of aromatic nitrogens is 1. The van der Waals surface area contributed by atoms with Crippen molar-refractivity contribution < 1.29 is 27.9 Å². The third kappa shape index (κ3) is 3.37.